The van der Waals surface area contributed by atoms with Gasteiger partial charge >= 0.3 is 5.97 Å². The molecule has 0 aliphatic heterocycles. The number of carbonyl (C=O) groups is 2. The number of aromatic carboxylic acids is 1. The smallest absolute Gasteiger partial charge is 0.348 e. The molecule has 2 rings (SSSR count). The van der Waals surface area contributed by atoms with E-state index in [0.29, 0.717) is 0 Å². The highest BCUT2D eigenvalue weighted by atomic mass is 35.5. The summed E-state index contributed by atoms with van der Waals surface area (Å²) in [5.74, 6) is -1.80. The minimum Gasteiger partial charge on any atom is -0.508 e. The van der Waals surface area contributed by atoms with Crippen molar-refractivity contribution < 1.29 is 19.8 Å². The molecule has 0 radical (unpaired) electrons. The molecule has 0 unspecified atom stereocenters. The maximum absolute atomic E-state index is 12.0. The number of hydrogen-bond donors (Lipinski definition) is 3. The van der Waals surface area contributed by atoms with E-state index in [1.54, 1.807) is 5.38 Å². The molecule has 98 valence electrons. The summed E-state index contributed by atoms with van der Waals surface area (Å²) in [7, 11) is 0. The van der Waals surface area contributed by atoms with E-state index >= 15 is 0 Å². The van der Waals surface area contributed by atoms with Crippen molar-refractivity contribution >= 4 is 40.5 Å². The van der Waals surface area contributed by atoms with Crippen LogP contribution in [0.4, 0.5) is 5.69 Å². The first-order valence-electron chi connectivity index (χ1n) is 5.09. The first-order valence-corrected chi connectivity index (χ1v) is 6.35. The number of phenolic OH excluding ortho intramolecular Hbond substituents is 1. The fourth-order valence-corrected chi connectivity index (χ4v) is 2.34. The molecule has 0 atom stereocenters. The Morgan fingerprint density at radius 1 is 1.26 bits per heavy atom. The number of halogens is 1. The van der Waals surface area contributed by atoms with E-state index in [1.807, 2.05) is 0 Å². The highest BCUT2D eigenvalue weighted by molar-refractivity contribution is 7.12. The van der Waals surface area contributed by atoms with Crippen molar-refractivity contribution in [3.05, 3.63) is 45.1 Å². The summed E-state index contributed by atoms with van der Waals surface area (Å²) in [6.45, 7) is 0. The van der Waals surface area contributed by atoms with E-state index in [0.717, 1.165) is 11.3 Å². The molecule has 0 fully saturated rings. The lowest BCUT2D eigenvalue weighted by molar-refractivity contribution is 0.0703. The summed E-state index contributed by atoms with van der Waals surface area (Å²) in [4.78, 5) is 22.9. The molecule has 0 bridgehead atoms. The van der Waals surface area contributed by atoms with Gasteiger partial charge in [0.25, 0.3) is 5.91 Å². The van der Waals surface area contributed by atoms with Gasteiger partial charge in [0.2, 0.25) is 0 Å². The number of thiophene rings is 1. The Morgan fingerprint density at radius 3 is 2.68 bits per heavy atom. The van der Waals surface area contributed by atoms with Gasteiger partial charge in [-0.25, -0.2) is 4.79 Å². The Balaban J connectivity index is 2.28. The van der Waals surface area contributed by atoms with Crippen LogP contribution in [-0.4, -0.2) is 22.1 Å². The molecule has 1 amide bonds. The predicted octanol–water partition coefficient (Wildman–Crippen LogP) is 3.06. The van der Waals surface area contributed by atoms with Gasteiger partial charge in [0.1, 0.15) is 10.6 Å². The quantitative estimate of drug-likeness (QED) is 0.812. The van der Waals surface area contributed by atoms with E-state index in [2.05, 4.69) is 5.32 Å². The molecule has 0 saturated heterocycles. The van der Waals surface area contributed by atoms with Gasteiger partial charge in [0.05, 0.1) is 16.3 Å². The lowest BCUT2D eigenvalue weighted by atomic mass is 10.2. The number of nitrogens with one attached hydrogen (secondary N) is 1. The van der Waals surface area contributed by atoms with Crippen molar-refractivity contribution in [3.8, 4) is 5.75 Å². The second-order valence-electron chi connectivity index (χ2n) is 3.59. The average Bonchev–Trinajstić information content (AvgIpc) is 2.80. The van der Waals surface area contributed by atoms with Gasteiger partial charge in [-0.1, -0.05) is 11.6 Å². The van der Waals surface area contributed by atoms with Gasteiger partial charge in [-0.05, 0) is 29.6 Å². The Labute approximate surface area is 117 Å². The van der Waals surface area contributed by atoms with Gasteiger partial charge in [-0.2, -0.15) is 0 Å². The number of carboxylic acid groups (broad SMARTS) is 1. The minimum atomic E-state index is -1.12. The van der Waals surface area contributed by atoms with Crippen LogP contribution in [0.5, 0.6) is 5.75 Å². The zero-order valence-corrected chi connectivity index (χ0v) is 11.0. The van der Waals surface area contributed by atoms with Crippen LogP contribution in [0.15, 0.2) is 29.6 Å². The van der Waals surface area contributed by atoms with Gasteiger partial charge < -0.3 is 15.5 Å². The van der Waals surface area contributed by atoms with Crippen LogP contribution >= 0.6 is 22.9 Å². The molecule has 1 heterocycles. The summed E-state index contributed by atoms with van der Waals surface area (Å²) >= 11 is 6.85. The maximum atomic E-state index is 12.0. The summed E-state index contributed by atoms with van der Waals surface area (Å²) in [6.07, 6.45) is 0. The van der Waals surface area contributed by atoms with Crippen molar-refractivity contribution in [2.24, 2.45) is 0 Å². The lowest BCUT2D eigenvalue weighted by Gasteiger charge is -2.06. The van der Waals surface area contributed by atoms with Crippen LogP contribution in [0.25, 0.3) is 0 Å². The number of amides is 1. The first-order chi connectivity index (χ1) is 8.99. The monoisotopic (exact) mass is 297 g/mol. The first kappa shape index (κ1) is 13.4. The summed E-state index contributed by atoms with van der Waals surface area (Å²) < 4.78 is 0. The highest BCUT2D eigenvalue weighted by Crippen LogP contribution is 2.25. The molecule has 1 aromatic heterocycles. The van der Waals surface area contributed by atoms with Gasteiger partial charge in [0, 0.05) is 0 Å². The molecule has 3 N–H and O–H groups in total. The number of phenols is 1. The van der Waals surface area contributed by atoms with Crippen molar-refractivity contribution in [2.45, 2.75) is 0 Å². The van der Waals surface area contributed by atoms with Gasteiger partial charge in [0.15, 0.2) is 0 Å². The second kappa shape index (κ2) is 5.29. The molecule has 1 aromatic carbocycles. The Bertz CT molecular complexity index is 653. The van der Waals surface area contributed by atoms with E-state index < -0.39 is 11.9 Å². The van der Waals surface area contributed by atoms with Crippen molar-refractivity contribution in [1.82, 2.24) is 0 Å². The minimum absolute atomic E-state index is 0.0321. The number of hydrogen-bond acceptors (Lipinski definition) is 4. The lowest BCUT2D eigenvalue weighted by Crippen LogP contribution is -2.13. The zero-order chi connectivity index (χ0) is 14.0. The molecule has 0 saturated carbocycles. The number of rotatable bonds is 3. The van der Waals surface area contributed by atoms with Gasteiger partial charge in [-0.15, -0.1) is 11.3 Å². The van der Waals surface area contributed by atoms with Crippen LogP contribution in [0.2, 0.25) is 5.02 Å². The number of benzene rings is 1. The highest BCUT2D eigenvalue weighted by Gasteiger charge is 2.17. The molecule has 2 aromatic rings. The van der Waals surface area contributed by atoms with E-state index in [4.69, 9.17) is 16.7 Å². The fraction of sp³-hybridized carbons (Fsp3) is 0. The standard InChI is InChI=1S/C12H8ClNO4S/c13-8-2-1-6(15)5-7(8)11(16)14-9-3-4-19-10(9)12(17)18/h1-5,15H,(H,14,16)(H,17,18). The molecular formula is C12H8ClNO4S. The van der Waals surface area contributed by atoms with Gasteiger partial charge in [-0.3, -0.25) is 4.79 Å². The largest absolute Gasteiger partial charge is 0.508 e. The van der Waals surface area contributed by atoms with Crippen LogP contribution in [0.1, 0.15) is 20.0 Å². The third kappa shape index (κ3) is 2.86. The number of carbonyl (C=O) groups excluding carboxylic acids is 1. The average molecular weight is 298 g/mol. The predicted molar refractivity (Wildman–Crippen MR) is 72.3 cm³/mol. The maximum Gasteiger partial charge on any atom is 0.348 e. The van der Waals surface area contributed by atoms with Crippen LogP contribution in [0.3, 0.4) is 0 Å². The molecule has 5 nitrogen and oxygen atoms in total. The number of aromatic hydroxyl groups is 1. The summed E-state index contributed by atoms with van der Waals surface area (Å²) in [6, 6.07) is 5.44. The molecule has 19 heavy (non-hydrogen) atoms. The van der Waals surface area contributed by atoms with Crippen molar-refractivity contribution in [3.63, 3.8) is 0 Å². The normalized spacial score (nSPS) is 10.2. The van der Waals surface area contributed by atoms with E-state index in [-0.39, 0.29) is 26.9 Å². The molecule has 7 heteroatoms. The van der Waals surface area contributed by atoms with Crippen LogP contribution in [0, 0.1) is 0 Å². The molecule has 0 aliphatic carbocycles. The molecular weight excluding hydrogens is 290 g/mol. The van der Waals surface area contributed by atoms with Crippen molar-refractivity contribution in [1.29, 1.82) is 0 Å². The molecule has 0 aliphatic rings. The Morgan fingerprint density at radius 2 is 2.00 bits per heavy atom. The second-order valence-corrected chi connectivity index (χ2v) is 4.91. The molecule has 0 spiro atoms. The fourth-order valence-electron chi connectivity index (χ4n) is 1.45. The SMILES string of the molecule is O=C(Nc1ccsc1C(=O)O)c1cc(O)ccc1Cl. The van der Waals surface area contributed by atoms with E-state index in [1.165, 1.54) is 24.3 Å². The topological polar surface area (TPSA) is 86.6 Å². The Kier molecular flexibility index (Phi) is 3.73. The third-order valence-corrected chi connectivity index (χ3v) is 3.53. The summed E-state index contributed by atoms with van der Waals surface area (Å²) in [5, 5.41) is 22.4. The van der Waals surface area contributed by atoms with Crippen LogP contribution in [-0.2, 0) is 0 Å². The Hall–Kier alpha value is -2.05. The van der Waals surface area contributed by atoms with Crippen LogP contribution < -0.4 is 5.32 Å². The number of carboxylic acids is 1. The zero-order valence-electron chi connectivity index (χ0n) is 9.38. The van der Waals surface area contributed by atoms with E-state index in [9.17, 15) is 14.7 Å². The number of anilines is 1. The van der Waals surface area contributed by atoms with Crippen molar-refractivity contribution in [2.75, 3.05) is 5.32 Å². The third-order valence-electron chi connectivity index (χ3n) is 2.30. The summed E-state index contributed by atoms with van der Waals surface area (Å²) in [5.41, 5.74) is 0.270.